The molecule has 3 heteroatoms. The molecule has 0 saturated heterocycles. The van der Waals surface area contributed by atoms with Crippen molar-refractivity contribution < 1.29 is 4.79 Å². The maximum atomic E-state index is 12.3. The summed E-state index contributed by atoms with van der Waals surface area (Å²) in [5, 5.41) is 3.26. The van der Waals surface area contributed by atoms with Gasteiger partial charge in [0.15, 0.2) is 0 Å². The molecule has 0 aromatic heterocycles. The van der Waals surface area contributed by atoms with Gasteiger partial charge >= 0.3 is 0 Å². The van der Waals surface area contributed by atoms with E-state index in [1.165, 1.54) is 24.0 Å². The Morgan fingerprint density at radius 1 is 1.16 bits per heavy atom. The summed E-state index contributed by atoms with van der Waals surface area (Å²) in [5.74, 6) is 0.506. The minimum Gasteiger partial charge on any atom is -0.399 e. The van der Waals surface area contributed by atoms with Crippen LogP contribution in [0.15, 0.2) is 18.2 Å². The smallest absolute Gasteiger partial charge is 0.223 e. The monoisotopic (exact) mass is 258 g/mol. The predicted molar refractivity (Wildman–Crippen MR) is 76.6 cm³/mol. The molecular weight excluding hydrogens is 236 g/mol. The van der Waals surface area contributed by atoms with Crippen molar-refractivity contribution in [1.82, 2.24) is 5.32 Å². The van der Waals surface area contributed by atoms with Crippen LogP contribution in [0.2, 0.25) is 0 Å². The Morgan fingerprint density at radius 2 is 1.95 bits per heavy atom. The number of hydrogen-bond acceptors (Lipinski definition) is 2. The number of benzene rings is 1. The van der Waals surface area contributed by atoms with Gasteiger partial charge < -0.3 is 11.1 Å². The fourth-order valence-corrected chi connectivity index (χ4v) is 3.46. The third kappa shape index (κ3) is 2.60. The lowest BCUT2D eigenvalue weighted by Gasteiger charge is -2.27. The third-order valence-corrected chi connectivity index (χ3v) is 4.52. The number of nitrogen functional groups attached to an aromatic ring is 1. The molecule has 0 spiro atoms. The fourth-order valence-electron chi connectivity index (χ4n) is 3.46. The number of nitrogens with one attached hydrogen (secondary N) is 1. The van der Waals surface area contributed by atoms with Gasteiger partial charge in [-0.15, -0.1) is 0 Å². The lowest BCUT2D eigenvalue weighted by atomic mass is 9.87. The first-order chi connectivity index (χ1) is 9.24. The SMILES string of the molecule is Nc1ccc2c(c1)CCCC2NC(=O)C1CCCC1. The first-order valence-corrected chi connectivity index (χ1v) is 7.43. The highest BCUT2D eigenvalue weighted by atomic mass is 16.1. The van der Waals surface area contributed by atoms with Gasteiger partial charge in [-0.2, -0.15) is 0 Å². The zero-order chi connectivity index (χ0) is 13.2. The topological polar surface area (TPSA) is 55.1 Å². The molecule has 1 aromatic rings. The van der Waals surface area contributed by atoms with Crippen molar-refractivity contribution in [3.8, 4) is 0 Å². The molecule has 0 bridgehead atoms. The van der Waals surface area contributed by atoms with E-state index < -0.39 is 0 Å². The van der Waals surface area contributed by atoms with Crippen LogP contribution in [0.1, 0.15) is 55.7 Å². The van der Waals surface area contributed by atoms with Gasteiger partial charge in [0.05, 0.1) is 6.04 Å². The van der Waals surface area contributed by atoms with Gasteiger partial charge in [-0.1, -0.05) is 18.9 Å². The Kier molecular flexibility index (Phi) is 3.45. The van der Waals surface area contributed by atoms with Crippen molar-refractivity contribution in [2.75, 3.05) is 5.73 Å². The molecule has 1 amide bonds. The Hall–Kier alpha value is -1.51. The zero-order valence-corrected chi connectivity index (χ0v) is 11.3. The van der Waals surface area contributed by atoms with Crippen molar-refractivity contribution in [3.63, 3.8) is 0 Å². The first kappa shape index (κ1) is 12.5. The second-order valence-corrected chi connectivity index (χ2v) is 5.89. The van der Waals surface area contributed by atoms with Crippen LogP contribution >= 0.6 is 0 Å². The number of anilines is 1. The van der Waals surface area contributed by atoms with Crippen molar-refractivity contribution in [1.29, 1.82) is 0 Å². The number of aryl methyl sites for hydroxylation is 1. The van der Waals surface area contributed by atoms with E-state index in [9.17, 15) is 4.79 Å². The van der Waals surface area contributed by atoms with E-state index in [1.54, 1.807) is 0 Å². The highest BCUT2D eigenvalue weighted by Crippen LogP contribution is 2.32. The van der Waals surface area contributed by atoms with E-state index in [0.717, 1.165) is 37.8 Å². The van der Waals surface area contributed by atoms with E-state index in [1.807, 2.05) is 6.07 Å². The van der Waals surface area contributed by atoms with Gasteiger partial charge in [-0.3, -0.25) is 4.79 Å². The highest BCUT2D eigenvalue weighted by Gasteiger charge is 2.27. The molecule has 1 atom stereocenters. The number of fused-ring (bicyclic) bond motifs is 1. The van der Waals surface area contributed by atoms with E-state index in [-0.39, 0.29) is 17.9 Å². The van der Waals surface area contributed by atoms with Gasteiger partial charge in [0.2, 0.25) is 5.91 Å². The molecule has 1 fully saturated rings. The molecule has 2 aliphatic carbocycles. The van der Waals surface area contributed by atoms with Crippen LogP contribution in [0.4, 0.5) is 5.69 Å². The lowest BCUT2D eigenvalue weighted by Crippen LogP contribution is -2.34. The number of carbonyl (C=O) groups is 1. The van der Waals surface area contributed by atoms with Crippen molar-refractivity contribution >= 4 is 11.6 Å². The number of amides is 1. The van der Waals surface area contributed by atoms with Gasteiger partial charge in [-0.05, 0) is 55.4 Å². The van der Waals surface area contributed by atoms with E-state index >= 15 is 0 Å². The molecule has 3 rings (SSSR count). The summed E-state index contributed by atoms with van der Waals surface area (Å²) in [6.07, 6.45) is 7.80. The van der Waals surface area contributed by atoms with Crippen LogP contribution in [0, 0.1) is 5.92 Å². The van der Waals surface area contributed by atoms with Crippen LogP contribution in [0.5, 0.6) is 0 Å². The lowest BCUT2D eigenvalue weighted by molar-refractivity contribution is -0.125. The highest BCUT2D eigenvalue weighted by molar-refractivity contribution is 5.79. The molecule has 0 heterocycles. The second kappa shape index (κ2) is 5.24. The molecule has 3 N–H and O–H groups in total. The molecule has 0 radical (unpaired) electrons. The molecular formula is C16H22N2O. The van der Waals surface area contributed by atoms with Crippen molar-refractivity contribution in [2.45, 2.75) is 51.0 Å². The average Bonchev–Trinajstić information content (AvgIpc) is 2.92. The van der Waals surface area contributed by atoms with Gasteiger partial charge in [0, 0.05) is 11.6 Å². The minimum atomic E-state index is 0.192. The maximum Gasteiger partial charge on any atom is 0.223 e. The molecule has 1 saturated carbocycles. The molecule has 1 unspecified atom stereocenters. The second-order valence-electron chi connectivity index (χ2n) is 5.89. The summed E-state index contributed by atoms with van der Waals surface area (Å²) >= 11 is 0. The standard InChI is InChI=1S/C16H22N2O/c17-13-8-9-14-12(10-13)6-3-7-15(14)18-16(19)11-4-1-2-5-11/h8-11,15H,1-7,17H2,(H,18,19). The fraction of sp³-hybridized carbons (Fsp3) is 0.562. The van der Waals surface area contributed by atoms with Gasteiger partial charge in [0.1, 0.15) is 0 Å². The maximum absolute atomic E-state index is 12.3. The van der Waals surface area contributed by atoms with Crippen LogP contribution in [-0.2, 0) is 11.2 Å². The molecule has 0 aliphatic heterocycles. The number of nitrogens with two attached hydrogens (primary N) is 1. The first-order valence-electron chi connectivity index (χ1n) is 7.43. The molecule has 1 aromatic carbocycles. The summed E-state index contributed by atoms with van der Waals surface area (Å²) in [5.41, 5.74) is 9.24. The largest absolute Gasteiger partial charge is 0.399 e. The van der Waals surface area contributed by atoms with Crippen molar-refractivity contribution in [3.05, 3.63) is 29.3 Å². The average molecular weight is 258 g/mol. The van der Waals surface area contributed by atoms with E-state index in [0.29, 0.717) is 0 Å². The van der Waals surface area contributed by atoms with Crippen molar-refractivity contribution in [2.24, 2.45) is 5.92 Å². The van der Waals surface area contributed by atoms with Gasteiger partial charge in [-0.25, -0.2) is 0 Å². The minimum absolute atomic E-state index is 0.192. The predicted octanol–water partition coefficient (Wildman–Crippen LogP) is 2.95. The Bertz CT molecular complexity index is 478. The normalized spacial score (nSPS) is 23.1. The summed E-state index contributed by atoms with van der Waals surface area (Å²) in [6.45, 7) is 0. The summed E-state index contributed by atoms with van der Waals surface area (Å²) in [6, 6.07) is 6.28. The number of carbonyl (C=O) groups excluding carboxylic acids is 1. The quantitative estimate of drug-likeness (QED) is 0.801. The number of hydrogen-bond donors (Lipinski definition) is 2. The van der Waals surface area contributed by atoms with E-state index in [2.05, 4.69) is 17.4 Å². The molecule has 19 heavy (non-hydrogen) atoms. The summed E-state index contributed by atoms with van der Waals surface area (Å²) in [4.78, 5) is 12.3. The Morgan fingerprint density at radius 3 is 2.74 bits per heavy atom. The summed E-state index contributed by atoms with van der Waals surface area (Å²) < 4.78 is 0. The van der Waals surface area contributed by atoms with Crippen LogP contribution in [0.3, 0.4) is 0 Å². The molecule has 2 aliphatic rings. The van der Waals surface area contributed by atoms with Crippen LogP contribution < -0.4 is 11.1 Å². The van der Waals surface area contributed by atoms with Crippen LogP contribution in [0.25, 0.3) is 0 Å². The molecule has 3 nitrogen and oxygen atoms in total. The summed E-state index contributed by atoms with van der Waals surface area (Å²) in [7, 11) is 0. The Labute approximate surface area is 114 Å². The van der Waals surface area contributed by atoms with Crippen LogP contribution in [-0.4, -0.2) is 5.91 Å². The van der Waals surface area contributed by atoms with E-state index in [4.69, 9.17) is 5.73 Å². The van der Waals surface area contributed by atoms with Gasteiger partial charge in [0.25, 0.3) is 0 Å². The molecule has 102 valence electrons. The third-order valence-electron chi connectivity index (χ3n) is 4.52. The zero-order valence-electron chi connectivity index (χ0n) is 11.3. The Balaban J connectivity index is 1.74. The number of rotatable bonds is 2.